The van der Waals surface area contributed by atoms with Crippen molar-refractivity contribution in [2.75, 3.05) is 0 Å². The molecule has 0 aliphatic heterocycles. The largest absolute Gasteiger partial charge is 0.354 e. The number of allylic oxidation sites excluding steroid dienone is 2. The fourth-order valence-corrected chi connectivity index (χ4v) is 5.54. The summed E-state index contributed by atoms with van der Waals surface area (Å²) in [4.78, 5) is 3.73. The van der Waals surface area contributed by atoms with Crippen LogP contribution in [0.4, 0.5) is 0 Å². The first-order chi connectivity index (χ1) is 17.8. The molecule has 0 fully saturated rings. The summed E-state index contributed by atoms with van der Waals surface area (Å²) >= 11 is 0. The zero-order valence-electron chi connectivity index (χ0n) is 23.6. The van der Waals surface area contributed by atoms with Gasteiger partial charge in [-0.2, -0.15) is 0 Å². The predicted molar refractivity (Wildman–Crippen MR) is 162 cm³/mol. The fourth-order valence-electron chi connectivity index (χ4n) is 5.54. The van der Waals surface area contributed by atoms with Crippen LogP contribution in [0.2, 0.25) is 0 Å². The minimum absolute atomic E-state index is 1.02. The van der Waals surface area contributed by atoms with Crippen LogP contribution in [0.25, 0.3) is 21.8 Å². The minimum Gasteiger partial charge on any atom is -0.354 e. The van der Waals surface area contributed by atoms with E-state index >= 15 is 0 Å². The molecular formula is C35H53N. The molecule has 1 heterocycles. The molecule has 0 saturated carbocycles. The monoisotopic (exact) mass is 487 g/mol. The third kappa shape index (κ3) is 9.79. The van der Waals surface area contributed by atoms with Crippen molar-refractivity contribution in [3.63, 3.8) is 0 Å². The molecule has 1 N–H and O–H groups in total. The Balaban J connectivity index is 1.44. The zero-order valence-corrected chi connectivity index (χ0v) is 23.6. The smallest absolute Gasteiger partial charge is 0.0500 e. The van der Waals surface area contributed by atoms with Crippen LogP contribution in [-0.4, -0.2) is 4.98 Å². The van der Waals surface area contributed by atoms with E-state index in [1.165, 1.54) is 149 Å². The number of H-pyrrole nitrogens is 1. The maximum absolute atomic E-state index is 3.73. The van der Waals surface area contributed by atoms with Gasteiger partial charge in [0, 0.05) is 16.3 Å². The Morgan fingerprint density at radius 1 is 0.611 bits per heavy atom. The number of aryl methyl sites for hydroxylation is 1. The van der Waals surface area contributed by atoms with Gasteiger partial charge in [-0.05, 0) is 55.4 Å². The number of aromatic amines is 1. The second-order valence-corrected chi connectivity index (χ2v) is 11.0. The summed E-state index contributed by atoms with van der Waals surface area (Å²) in [5, 5.41) is 2.78. The first kappa shape index (κ1) is 28.5. The minimum atomic E-state index is 1.02. The van der Waals surface area contributed by atoms with Gasteiger partial charge in [-0.3, -0.25) is 0 Å². The number of rotatable bonds is 20. The Morgan fingerprint density at radius 2 is 1.25 bits per heavy atom. The van der Waals surface area contributed by atoms with Gasteiger partial charge in [0.1, 0.15) is 0 Å². The van der Waals surface area contributed by atoms with E-state index < -0.39 is 0 Å². The Labute approximate surface area is 222 Å². The van der Waals surface area contributed by atoms with Crippen LogP contribution >= 0.6 is 0 Å². The topological polar surface area (TPSA) is 15.8 Å². The number of nitrogens with one attached hydrogen (secondary N) is 1. The average molecular weight is 488 g/mol. The number of unbranched alkanes of at least 4 members (excludes halogenated alkanes) is 15. The van der Waals surface area contributed by atoms with Crippen LogP contribution < -0.4 is 0 Å². The van der Waals surface area contributed by atoms with E-state index in [4.69, 9.17) is 0 Å². The van der Waals surface area contributed by atoms with Crippen molar-refractivity contribution < 1.29 is 0 Å². The van der Waals surface area contributed by atoms with Gasteiger partial charge in [-0.15, -0.1) is 0 Å². The van der Waals surface area contributed by atoms with Gasteiger partial charge in [-0.1, -0.05) is 140 Å². The highest BCUT2D eigenvalue weighted by Gasteiger charge is 2.08. The number of hydrogen-bond acceptors (Lipinski definition) is 0. The molecule has 1 nitrogen and oxygen atoms in total. The fraction of sp³-hybridized carbons (Fsp3) is 0.600. The number of benzene rings is 2. The van der Waals surface area contributed by atoms with Crippen molar-refractivity contribution in [2.24, 2.45) is 0 Å². The quantitative estimate of drug-likeness (QED) is 0.120. The summed E-state index contributed by atoms with van der Waals surface area (Å²) in [6.07, 6.45) is 30.5. The summed E-state index contributed by atoms with van der Waals surface area (Å²) < 4.78 is 0. The highest BCUT2D eigenvalue weighted by molar-refractivity contribution is 6.08. The Kier molecular flexibility index (Phi) is 13.8. The van der Waals surface area contributed by atoms with E-state index in [-0.39, 0.29) is 0 Å². The second-order valence-electron chi connectivity index (χ2n) is 11.0. The molecule has 3 rings (SSSR count). The maximum atomic E-state index is 3.73. The lowest BCUT2D eigenvalue weighted by Crippen LogP contribution is -1.86. The highest BCUT2D eigenvalue weighted by atomic mass is 14.7. The first-order valence-electron chi connectivity index (χ1n) is 15.5. The van der Waals surface area contributed by atoms with Crippen LogP contribution in [0.15, 0.2) is 48.6 Å². The SMILES string of the molecule is CCCCCCCCCCC=CCc1cccc2c1[nH]c1ccc(CCCCCCCCCC)cc12. The summed E-state index contributed by atoms with van der Waals surface area (Å²) in [5.74, 6) is 0. The zero-order chi connectivity index (χ0) is 25.3. The number of hydrogen-bond donors (Lipinski definition) is 1. The molecule has 1 heteroatoms. The maximum Gasteiger partial charge on any atom is 0.0500 e. The third-order valence-corrected chi connectivity index (χ3v) is 7.83. The van der Waals surface area contributed by atoms with Crippen LogP contribution in [0.5, 0.6) is 0 Å². The van der Waals surface area contributed by atoms with Gasteiger partial charge in [0.05, 0.1) is 5.52 Å². The molecule has 2 aromatic carbocycles. The van der Waals surface area contributed by atoms with Gasteiger partial charge >= 0.3 is 0 Å². The van der Waals surface area contributed by atoms with E-state index in [0.29, 0.717) is 0 Å². The normalized spacial score (nSPS) is 11.9. The van der Waals surface area contributed by atoms with E-state index in [9.17, 15) is 0 Å². The predicted octanol–water partition coefficient (Wildman–Crippen LogP) is 11.6. The second kappa shape index (κ2) is 17.4. The van der Waals surface area contributed by atoms with Crippen molar-refractivity contribution in [3.05, 3.63) is 59.7 Å². The van der Waals surface area contributed by atoms with Crippen LogP contribution in [0, 0.1) is 0 Å². The van der Waals surface area contributed by atoms with Crippen LogP contribution in [0.3, 0.4) is 0 Å². The number of fused-ring (bicyclic) bond motifs is 3. The average Bonchev–Trinajstić information content (AvgIpc) is 3.27. The van der Waals surface area contributed by atoms with Gasteiger partial charge in [0.25, 0.3) is 0 Å². The standard InChI is InChI=1S/C35H53N/c1-3-5-7-9-11-13-14-15-17-19-21-24-31-25-22-26-32-33-29-30(27-28-34(33)36-35(31)32)23-20-18-16-12-10-8-6-4-2/h19,21-22,25-29,36H,3-18,20,23-24H2,1-2H3. The molecule has 198 valence electrons. The van der Waals surface area contributed by atoms with E-state index in [1.54, 1.807) is 0 Å². The molecule has 0 amide bonds. The van der Waals surface area contributed by atoms with E-state index in [1.807, 2.05) is 0 Å². The van der Waals surface area contributed by atoms with Gasteiger partial charge in [-0.25, -0.2) is 0 Å². The highest BCUT2D eigenvalue weighted by Crippen LogP contribution is 2.29. The van der Waals surface area contributed by atoms with Crippen molar-refractivity contribution >= 4 is 21.8 Å². The lowest BCUT2D eigenvalue weighted by molar-refractivity contribution is 0.575. The van der Waals surface area contributed by atoms with E-state index in [0.717, 1.165) is 6.42 Å². The molecule has 3 aromatic rings. The van der Waals surface area contributed by atoms with Gasteiger partial charge in [0.15, 0.2) is 0 Å². The Hall–Kier alpha value is -2.02. The third-order valence-electron chi connectivity index (χ3n) is 7.83. The first-order valence-corrected chi connectivity index (χ1v) is 15.5. The molecule has 0 aliphatic carbocycles. The van der Waals surface area contributed by atoms with Gasteiger partial charge in [0.2, 0.25) is 0 Å². The summed E-state index contributed by atoms with van der Waals surface area (Å²) in [5.41, 5.74) is 5.51. The van der Waals surface area contributed by atoms with Crippen molar-refractivity contribution in [3.8, 4) is 0 Å². The summed E-state index contributed by atoms with van der Waals surface area (Å²) in [6, 6.07) is 13.9. The molecule has 1 aromatic heterocycles. The Bertz CT molecular complexity index is 1010. The molecule has 36 heavy (non-hydrogen) atoms. The molecule has 0 radical (unpaired) electrons. The molecule has 0 spiro atoms. The van der Waals surface area contributed by atoms with Crippen LogP contribution in [0.1, 0.15) is 134 Å². The molecular weight excluding hydrogens is 434 g/mol. The van der Waals surface area contributed by atoms with Crippen molar-refractivity contribution in [2.45, 2.75) is 136 Å². The summed E-state index contributed by atoms with van der Waals surface area (Å²) in [7, 11) is 0. The summed E-state index contributed by atoms with van der Waals surface area (Å²) in [6.45, 7) is 4.59. The van der Waals surface area contributed by atoms with Gasteiger partial charge < -0.3 is 4.98 Å². The van der Waals surface area contributed by atoms with Crippen molar-refractivity contribution in [1.29, 1.82) is 0 Å². The molecule has 0 atom stereocenters. The molecule has 0 saturated heterocycles. The lowest BCUT2D eigenvalue weighted by Gasteiger charge is -2.03. The van der Waals surface area contributed by atoms with Crippen molar-refractivity contribution in [1.82, 2.24) is 4.98 Å². The molecule has 0 bridgehead atoms. The lowest BCUT2D eigenvalue weighted by atomic mass is 10.0. The van der Waals surface area contributed by atoms with E-state index in [2.05, 4.69) is 67.4 Å². The Morgan fingerprint density at radius 3 is 1.94 bits per heavy atom. The number of aromatic nitrogens is 1. The molecule has 0 aliphatic rings. The molecule has 0 unspecified atom stereocenters. The number of para-hydroxylation sites is 1. The van der Waals surface area contributed by atoms with Crippen LogP contribution in [-0.2, 0) is 12.8 Å².